The zero-order valence-electron chi connectivity index (χ0n) is 24.4. The van der Waals surface area contributed by atoms with Gasteiger partial charge in [-0.05, 0) is 62.3 Å². The third kappa shape index (κ3) is 7.53. The second kappa shape index (κ2) is 12.9. The summed E-state index contributed by atoms with van der Waals surface area (Å²) < 4.78 is 28.7. The first kappa shape index (κ1) is 28.8. The largest absolute Gasteiger partial charge is 0.365 e. The number of rotatable bonds is 10. The van der Waals surface area contributed by atoms with Crippen LogP contribution >= 0.6 is 0 Å². The Bertz CT molecular complexity index is 1350. The second-order valence-electron chi connectivity index (χ2n) is 12.0. The molecular formula is C32H45N5O2S. The molecule has 40 heavy (non-hydrogen) atoms. The van der Waals surface area contributed by atoms with E-state index in [1.165, 1.54) is 28.1 Å². The van der Waals surface area contributed by atoms with Crippen molar-refractivity contribution >= 4 is 15.5 Å². The Morgan fingerprint density at radius 2 is 1.73 bits per heavy atom. The molecule has 3 heterocycles. The molecule has 0 saturated carbocycles. The van der Waals surface area contributed by atoms with Crippen molar-refractivity contribution in [1.82, 2.24) is 19.4 Å². The molecule has 2 atom stereocenters. The lowest BCUT2D eigenvalue weighted by Crippen LogP contribution is -2.46. The van der Waals surface area contributed by atoms with Crippen molar-refractivity contribution in [3.05, 3.63) is 83.4 Å². The third-order valence-electron chi connectivity index (χ3n) is 8.90. The molecule has 2 aromatic carbocycles. The van der Waals surface area contributed by atoms with E-state index in [1.54, 1.807) is 0 Å². The number of nitrogens with zero attached hydrogens (tertiary/aromatic N) is 5. The van der Waals surface area contributed by atoms with Gasteiger partial charge in [-0.2, -0.15) is 0 Å². The van der Waals surface area contributed by atoms with Crippen molar-refractivity contribution in [2.24, 2.45) is 18.9 Å². The van der Waals surface area contributed by atoms with Gasteiger partial charge in [0.15, 0.2) is 9.84 Å². The summed E-state index contributed by atoms with van der Waals surface area (Å²) in [5.74, 6) is 1.15. The zero-order valence-corrected chi connectivity index (χ0v) is 25.2. The predicted octanol–water partition coefficient (Wildman–Crippen LogP) is 3.82. The minimum atomic E-state index is -3.13. The summed E-state index contributed by atoms with van der Waals surface area (Å²) in [6.45, 7) is 8.41. The van der Waals surface area contributed by atoms with Crippen molar-refractivity contribution < 1.29 is 8.42 Å². The van der Waals surface area contributed by atoms with Crippen molar-refractivity contribution in [3.63, 3.8) is 0 Å². The molecule has 2 aliphatic rings. The molecule has 2 aliphatic heterocycles. The van der Waals surface area contributed by atoms with Crippen LogP contribution in [0.15, 0.2) is 61.1 Å². The lowest BCUT2D eigenvalue weighted by molar-refractivity contribution is 0.161. The van der Waals surface area contributed by atoms with Gasteiger partial charge in [-0.1, -0.05) is 48.0 Å². The molecule has 3 aromatic rings. The van der Waals surface area contributed by atoms with E-state index in [-0.39, 0.29) is 17.4 Å². The molecule has 5 rings (SSSR count). The molecule has 0 aliphatic carbocycles. The Balaban J connectivity index is 1.36. The smallest absolute Gasteiger partial charge is 0.151 e. The molecule has 1 unspecified atom stereocenters. The molecule has 0 radical (unpaired) electrons. The summed E-state index contributed by atoms with van der Waals surface area (Å²) in [5.41, 5.74) is 6.34. The maximum absolute atomic E-state index is 13.3. The quantitative estimate of drug-likeness (QED) is 0.374. The topological polar surface area (TPSA) is 61.7 Å². The van der Waals surface area contributed by atoms with Gasteiger partial charge >= 0.3 is 0 Å². The lowest BCUT2D eigenvalue weighted by atomic mass is 9.82. The van der Waals surface area contributed by atoms with E-state index in [1.807, 2.05) is 19.6 Å². The van der Waals surface area contributed by atoms with E-state index in [0.29, 0.717) is 18.9 Å². The Morgan fingerprint density at radius 3 is 2.45 bits per heavy atom. The number of sulfone groups is 1. The van der Waals surface area contributed by atoms with E-state index in [0.717, 1.165) is 52.1 Å². The SMILES string of the molecule is Cc1ccc2c(c1)CC(CCS(=O)(=O)CCN1CCN(C)CC1)[C@H](Cc1ccccc1)CN2Cc1cncn1C. The summed E-state index contributed by atoms with van der Waals surface area (Å²) in [7, 11) is 1.05. The molecule has 7 nitrogen and oxygen atoms in total. The fourth-order valence-electron chi connectivity index (χ4n) is 6.31. The molecule has 0 N–H and O–H groups in total. The van der Waals surface area contributed by atoms with Crippen LogP contribution in [0.25, 0.3) is 0 Å². The fourth-order valence-corrected chi connectivity index (χ4v) is 7.71. The van der Waals surface area contributed by atoms with Gasteiger partial charge in [0.25, 0.3) is 0 Å². The van der Waals surface area contributed by atoms with E-state index >= 15 is 0 Å². The molecule has 216 valence electrons. The number of hydrogen-bond donors (Lipinski definition) is 0. The highest BCUT2D eigenvalue weighted by molar-refractivity contribution is 7.91. The summed E-state index contributed by atoms with van der Waals surface area (Å²) in [6, 6.07) is 17.5. The van der Waals surface area contributed by atoms with Crippen molar-refractivity contribution in [2.75, 3.05) is 62.7 Å². The number of fused-ring (bicyclic) bond motifs is 1. The Morgan fingerprint density at radius 1 is 0.950 bits per heavy atom. The maximum atomic E-state index is 13.3. The van der Waals surface area contributed by atoms with Crippen molar-refractivity contribution in [3.8, 4) is 0 Å². The monoisotopic (exact) mass is 563 g/mol. The van der Waals surface area contributed by atoms with Crippen LogP contribution in [0.3, 0.4) is 0 Å². The molecule has 0 spiro atoms. The van der Waals surface area contributed by atoms with Crippen molar-refractivity contribution in [2.45, 2.75) is 32.7 Å². The molecule has 8 heteroatoms. The average Bonchev–Trinajstić information content (AvgIpc) is 3.28. The van der Waals surface area contributed by atoms with E-state index < -0.39 is 9.84 Å². The van der Waals surface area contributed by atoms with Gasteiger partial charge in [-0.15, -0.1) is 0 Å². The van der Waals surface area contributed by atoms with Gasteiger partial charge in [0.05, 0.1) is 30.1 Å². The molecule has 0 amide bonds. The van der Waals surface area contributed by atoms with Crippen LogP contribution < -0.4 is 4.90 Å². The van der Waals surface area contributed by atoms with Gasteiger partial charge in [0.1, 0.15) is 0 Å². The Kier molecular flexibility index (Phi) is 9.28. The highest BCUT2D eigenvalue weighted by Gasteiger charge is 2.32. The van der Waals surface area contributed by atoms with Gasteiger partial charge in [0.2, 0.25) is 0 Å². The number of likely N-dealkylation sites (N-methyl/N-ethyl adjacent to an activating group) is 1. The molecule has 0 bridgehead atoms. The van der Waals surface area contributed by atoms with E-state index in [9.17, 15) is 8.42 Å². The van der Waals surface area contributed by atoms with Crippen LogP contribution in [0.1, 0.15) is 28.8 Å². The van der Waals surface area contributed by atoms with Crippen LogP contribution in [0.4, 0.5) is 5.69 Å². The number of anilines is 1. The van der Waals surface area contributed by atoms with E-state index in [2.05, 4.69) is 86.8 Å². The first-order chi connectivity index (χ1) is 19.3. The number of imidazole rings is 1. The number of aryl methyl sites for hydroxylation is 2. The Labute approximate surface area is 240 Å². The number of aromatic nitrogens is 2. The fraction of sp³-hybridized carbons (Fsp3) is 0.531. The van der Waals surface area contributed by atoms with Crippen LogP contribution in [0.5, 0.6) is 0 Å². The first-order valence-corrected chi connectivity index (χ1v) is 16.5. The third-order valence-corrected chi connectivity index (χ3v) is 10.6. The van der Waals surface area contributed by atoms with Crippen LogP contribution in [-0.4, -0.2) is 85.6 Å². The first-order valence-electron chi connectivity index (χ1n) is 14.7. The molecule has 1 fully saturated rings. The highest BCUT2D eigenvalue weighted by atomic mass is 32.2. The summed E-state index contributed by atoms with van der Waals surface area (Å²) in [4.78, 5) is 11.5. The summed E-state index contributed by atoms with van der Waals surface area (Å²) in [5, 5.41) is 0. The molecule has 1 aromatic heterocycles. The highest BCUT2D eigenvalue weighted by Crippen LogP contribution is 2.36. The predicted molar refractivity (Wildman–Crippen MR) is 163 cm³/mol. The minimum Gasteiger partial charge on any atom is -0.365 e. The van der Waals surface area contributed by atoms with Gasteiger partial charge in [-0.3, -0.25) is 4.90 Å². The van der Waals surface area contributed by atoms with Gasteiger partial charge < -0.3 is 14.4 Å². The second-order valence-corrected chi connectivity index (χ2v) is 14.3. The van der Waals surface area contributed by atoms with Gasteiger partial charge in [-0.25, -0.2) is 13.4 Å². The summed E-state index contributed by atoms with van der Waals surface area (Å²) >= 11 is 0. The number of benzene rings is 2. The normalized spacial score (nSPS) is 20.8. The zero-order chi connectivity index (χ0) is 28.1. The average molecular weight is 564 g/mol. The van der Waals surface area contributed by atoms with Gasteiger partial charge in [0, 0.05) is 58.2 Å². The van der Waals surface area contributed by atoms with E-state index in [4.69, 9.17) is 0 Å². The minimum absolute atomic E-state index is 0.259. The van der Waals surface area contributed by atoms with Crippen molar-refractivity contribution in [1.29, 1.82) is 0 Å². The van der Waals surface area contributed by atoms with Crippen LogP contribution in [0.2, 0.25) is 0 Å². The van der Waals surface area contributed by atoms with Crippen LogP contribution in [-0.2, 0) is 36.3 Å². The lowest BCUT2D eigenvalue weighted by Gasteiger charge is -2.32. The Hall–Kier alpha value is -2.68. The van der Waals surface area contributed by atoms with Crippen LogP contribution in [0, 0.1) is 18.8 Å². The maximum Gasteiger partial charge on any atom is 0.151 e. The standard InChI is InChI=1S/C32H45N5O2S/c1-26-9-10-32-29(19-26)21-28(11-17-40(38,39)18-16-36-14-12-34(2)13-15-36)30(20-27-7-5-4-6-8-27)23-37(32)24-31-22-33-25-35(31)3/h4-10,19,22,25,28,30H,11-18,20-21,23-24H2,1-3H3/t28?,30-/m1/s1. The summed E-state index contributed by atoms with van der Waals surface area (Å²) in [6.07, 6.45) is 6.37. The number of piperazine rings is 1. The number of hydrogen-bond acceptors (Lipinski definition) is 6. The molecule has 1 saturated heterocycles. The molecular weight excluding hydrogens is 518 g/mol.